The van der Waals surface area contributed by atoms with E-state index < -0.39 is 0 Å². The molecular formula is C13H24N5O3+. The van der Waals surface area contributed by atoms with E-state index in [1.807, 2.05) is 0 Å². The highest BCUT2D eigenvalue weighted by atomic mass is 16.3. The van der Waals surface area contributed by atoms with E-state index in [0.29, 0.717) is 11.2 Å². The molecule has 0 aliphatic carbocycles. The monoisotopic (exact) mass is 298 g/mol. The third-order valence-corrected chi connectivity index (χ3v) is 3.09. The van der Waals surface area contributed by atoms with E-state index in [1.54, 1.807) is 18.7 Å². The molecule has 2 aromatic rings. The lowest BCUT2D eigenvalue weighted by Gasteiger charge is -2.21. The van der Waals surface area contributed by atoms with Gasteiger partial charge in [0.05, 0.1) is 34.1 Å². The summed E-state index contributed by atoms with van der Waals surface area (Å²) in [7, 11) is 10.9. The Morgan fingerprint density at radius 1 is 1.14 bits per heavy atom. The molecule has 0 saturated heterocycles. The van der Waals surface area contributed by atoms with Gasteiger partial charge in [0.2, 0.25) is 0 Å². The molecule has 1 N–H and O–H groups in total. The molecule has 118 valence electrons. The molecule has 2 heterocycles. The molecule has 0 amide bonds. The predicted octanol–water partition coefficient (Wildman–Crippen LogP) is -1.34. The van der Waals surface area contributed by atoms with E-state index in [0.717, 1.165) is 15.6 Å². The third-order valence-electron chi connectivity index (χ3n) is 3.09. The van der Waals surface area contributed by atoms with Crippen LogP contribution in [0.5, 0.6) is 0 Å². The Bertz CT molecular complexity index is 733. The third kappa shape index (κ3) is 3.79. The van der Waals surface area contributed by atoms with Crippen molar-refractivity contribution in [2.24, 2.45) is 21.1 Å². The summed E-state index contributed by atoms with van der Waals surface area (Å²) >= 11 is 0. The van der Waals surface area contributed by atoms with Gasteiger partial charge in [0, 0.05) is 21.1 Å². The summed E-state index contributed by atoms with van der Waals surface area (Å²) in [5.74, 6) is 0. The van der Waals surface area contributed by atoms with Crippen LogP contribution >= 0.6 is 0 Å². The van der Waals surface area contributed by atoms with Gasteiger partial charge >= 0.3 is 5.69 Å². The van der Waals surface area contributed by atoms with Gasteiger partial charge in [0.15, 0.2) is 11.2 Å². The summed E-state index contributed by atoms with van der Waals surface area (Å²) < 4.78 is 4.88. The Morgan fingerprint density at radius 3 is 2.14 bits per heavy atom. The molecule has 0 saturated carbocycles. The molecule has 2 rings (SSSR count). The number of aliphatic hydroxyl groups is 1. The number of aliphatic hydroxyl groups excluding tert-OH is 1. The number of nitrogens with zero attached hydrogens (tertiary/aromatic N) is 5. The van der Waals surface area contributed by atoms with E-state index in [9.17, 15) is 9.59 Å². The molecule has 0 bridgehead atoms. The molecular weight excluding hydrogens is 274 g/mol. The fraction of sp³-hybridized carbons (Fsp3) is 0.615. The standard InChI is InChI=1S/C8H10N4O2.C5H14NO/c1-10-4-9-6-5(10)7(13)12(3)8(14)11(6)2;1-6(2,3)4-5-7/h4H,1-3H3;7H,4-5H2,1-3H3/q;+1. The van der Waals surface area contributed by atoms with Crippen LogP contribution in [0.3, 0.4) is 0 Å². The lowest BCUT2D eigenvalue weighted by molar-refractivity contribution is -0.870. The fourth-order valence-corrected chi connectivity index (χ4v) is 1.77. The SMILES string of the molecule is C[N+](C)(C)CCO.Cn1c(=O)c2c(ncn2C)n(C)c1=O. The van der Waals surface area contributed by atoms with Crippen LogP contribution < -0.4 is 11.2 Å². The number of hydrogen-bond acceptors (Lipinski definition) is 4. The molecule has 0 spiro atoms. The van der Waals surface area contributed by atoms with E-state index in [4.69, 9.17) is 5.11 Å². The van der Waals surface area contributed by atoms with Crippen molar-refractivity contribution in [3.05, 3.63) is 27.2 Å². The zero-order chi connectivity index (χ0) is 16.4. The smallest absolute Gasteiger partial charge is 0.332 e. The summed E-state index contributed by atoms with van der Waals surface area (Å²) in [6.07, 6.45) is 1.52. The molecule has 0 fully saturated rings. The van der Waals surface area contributed by atoms with Gasteiger partial charge in [-0.25, -0.2) is 9.78 Å². The second kappa shape index (κ2) is 6.23. The number of likely N-dealkylation sites (N-methyl/N-ethyl adjacent to an activating group) is 1. The molecule has 2 aromatic heterocycles. The van der Waals surface area contributed by atoms with Gasteiger partial charge in [-0.1, -0.05) is 0 Å². The molecule has 8 heteroatoms. The van der Waals surface area contributed by atoms with Crippen LogP contribution in [0.15, 0.2) is 15.9 Å². The van der Waals surface area contributed by atoms with Crippen molar-refractivity contribution in [2.45, 2.75) is 0 Å². The number of quaternary nitrogens is 1. The van der Waals surface area contributed by atoms with Crippen LogP contribution in [0.25, 0.3) is 11.2 Å². The Morgan fingerprint density at radius 2 is 1.71 bits per heavy atom. The maximum Gasteiger partial charge on any atom is 0.332 e. The van der Waals surface area contributed by atoms with Crippen molar-refractivity contribution in [2.75, 3.05) is 34.3 Å². The zero-order valence-corrected chi connectivity index (χ0v) is 13.5. The first-order valence-corrected chi connectivity index (χ1v) is 6.58. The van der Waals surface area contributed by atoms with Crippen LogP contribution in [0.4, 0.5) is 0 Å². The summed E-state index contributed by atoms with van der Waals surface area (Å²) in [4.78, 5) is 27.2. The lowest BCUT2D eigenvalue weighted by Crippen LogP contribution is -2.37. The van der Waals surface area contributed by atoms with Crippen molar-refractivity contribution in [3.8, 4) is 0 Å². The molecule has 0 radical (unpaired) electrons. The van der Waals surface area contributed by atoms with E-state index >= 15 is 0 Å². The topological polar surface area (TPSA) is 82.1 Å². The second-order valence-electron chi connectivity index (χ2n) is 5.97. The van der Waals surface area contributed by atoms with Gasteiger partial charge in [0.25, 0.3) is 5.56 Å². The van der Waals surface area contributed by atoms with Gasteiger partial charge in [-0.2, -0.15) is 0 Å². The normalized spacial score (nSPS) is 11.4. The van der Waals surface area contributed by atoms with Crippen molar-refractivity contribution >= 4 is 11.2 Å². The van der Waals surface area contributed by atoms with Crippen molar-refractivity contribution in [3.63, 3.8) is 0 Å². The average molecular weight is 298 g/mol. The Labute approximate surface area is 123 Å². The first kappa shape index (κ1) is 17.1. The lowest BCUT2D eigenvalue weighted by atomic mass is 10.5. The first-order chi connectivity index (χ1) is 9.60. The molecule has 21 heavy (non-hydrogen) atoms. The van der Waals surface area contributed by atoms with Gasteiger partial charge in [-0.15, -0.1) is 0 Å². The second-order valence-corrected chi connectivity index (χ2v) is 5.97. The minimum atomic E-state index is -0.360. The van der Waals surface area contributed by atoms with Crippen molar-refractivity contribution < 1.29 is 9.59 Å². The predicted molar refractivity (Wildman–Crippen MR) is 81.2 cm³/mol. The molecule has 0 unspecified atom stereocenters. The molecule has 0 aliphatic rings. The van der Waals surface area contributed by atoms with Crippen LogP contribution in [-0.4, -0.2) is 62.6 Å². The van der Waals surface area contributed by atoms with E-state index in [-0.39, 0.29) is 17.9 Å². The minimum absolute atomic E-state index is 0.281. The number of hydrogen-bond donors (Lipinski definition) is 1. The van der Waals surface area contributed by atoms with Crippen molar-refractivity contribution in [1.29, 1.82) is 0 Å². The van der Waals surface area contributed by atoms with Gasteiger partial charge in [-0.05, 0) is 0 Å². The fourth-order valence-electron chi connectivity index (χ4n) is 1.77. The number of aromatic nitrogens is 4. The molecule has 8 nitrogen and oxygen atoms in total. The zero-order valence-electron chi connectivity index (χ0n) is 13.5. The molecule has 0 aromatic carbocycles. The number of rotatable bonds is 2. The van der Waals surface area contributed by atoms with Crippen LogP contribution in [0, 0.1) is 0 Å². The summed E-state index contributed by atoms with van der Waals surface area (Å²) in [5, 5.41) is 8.39. The number of aryl methyl sites for hydroxylation is 2. The van der Waals surface area contributed by atoms with E-state index in [2.05, 4.69) is 26.1 Å². The van der Waals surface area contributed by atoms with Gasteiger partial charge in [-0.3, -0.25) is 13.9 Å². The average Bonchev–Trinajstić information content (AvgIpc) is 2.75. The Hall–Kier alpha value is -1.93. The number of fused-ring (bicyclic) bond motifs is 1. The highest BCUT2D eigenvalue weighted by molar-refractivity contribution is 5.69. The highest BCUT2D eigenvalue weighted by Gasteiger charge is 2.11. The largest absolute Gasteiger partial charge is 0.391 e. The van der Waals surface area contributed by atoms with Crippen LogP contribution in [-0.2, 0) is 21.1 Å². The van der Waals surface area contributed by atoms with Crippen LogP contribution in [0.2, 0.25) is 0 Å². The minimum Gasteiger partial charge on any atom is -0.391 e. The first-order valence-electron chi connectivity index (χ1n) is 6.58. The van der Waals surface area contributed by atoms with Gasteiger partial charge < -0.3 is 14.2 Å². The van der Waals surface area contributed by atoms with Crippen LogP contribution in [0.1, 0.15) is 0 Å². The molecule has 0 aliphatic heterocycles. The maximum atomic E-state index is 11.7. The maximum absolute atomic E-state index is 11.7. The highest BCUT2D eigenvalue weighted by Crippen LogP contribution is 2.01. The van der Waals surface area contributed by atoms with Gasteiger partial charge in [0.1, 0.15) is 6.54 Å². The Balaban J connectivity index is 0.000000270. The summed E-state index contributed by atoms with van der Waals surface area (Å²) in [6, 6.07) is 0. The summed E-state index contributed by atoms with van der Waals surface area (Å²) in [6.45, 7) is 1.11. The Kier molecular flexibility index (Phi) is 5.08. The van der Waals surface area contributed by atoms with Crippen molar-refractivity contribution in [1.82, 2.24) is 18.7 Å². The molecule has 0 atom stereocenters. The summed E-state index contributed by atoms with van der Waals surface area (Å²) in [5.41, 5.74) is 0.180. The van der Waals surface area contributed by atoms with E-state index in [1.165, 1.54) is 17.9 Å². The quantitative estimate of drug-likeness (QED) is 0.696. The number of imidazole rings is 1.